The molecule has 0 bridgehead atoms. The molecule has 0 saturated heterocycles. The Bertz CT molecular complexity index is 349. The first-order valence-corrected chi connectivity index (χ1v) is 7.65. The number of rotatable bonds is 2. The van der Waals surface area contributed by atoms with Crippen molar-refractivity contribution < 1.29 is 42.3 Å². The van der Waals surface area contributed by atoms with Crippen LogP contribution < -0.4 is 5.73 Å². The molecule has 1 radical (unpaired) electrons. The van der Waals surface area contributed by atoms with Gasteiger partial charge in [-0.15, -0.1) is 0 Å². The normalized spacial score (nSPS) is 7.90. The van der Waals surface area contributed by atoms with Crippen molar-refractivity contribution in [1.82, 2.24) is 0 Å². The zero-order chi connectivity index (χ0) is 15.6. The topological polar surface area (TPSA) is 55.5 Å². The quantitative estimate of drug-likeness (QED) is 0.435. The smallest absolute Gasteiger partial charge is 0.0308 e. The second kappa shape index (κ2) is 22.3. The second-order valence-electron chi connectivity index (χ2n) is 3.54. The van der Waals surface area contributed by atoms with Crippen molar-refractivity contribution in [2.24, 2.45) is 5.73 Å². The number of nitrogens with two attached hydrogens (primary N) is 1. The monoisotopic (exact) mass is 386 g/mol. The fraction of sp³-hybridized carbons (Fsp3) is 0.375. The molecule has 0 aliphatic carbocycles. The molecule has 0 atom stereocenters. The van der Waals surface area contributed by atoms with Crippen LogP contribution in [0.25, 0.3) is 10.8 Å². The third-order valence-corrected chi connectivity index (χ3v) is 2.17. The molecule has 0 aliphatic rings. The predicted molar refractivity (Wildman–Crippen MR) is 91.9 cm³/mol. The zero-order valence-corrected chi connectivity index (χ0v) is 17.1. The molecule has 0 saturated carbocycles. The molecule has 2 rings (SSSR count). The van der Waals surface area contributed by atoms with Gasteiger partial charge in [-0.3, -0.25) is 0 Å². The molecule has 2 aromatic rings. The van der Waals surface area contributed by atoms with Gasteiger partial charge in [0.15, 0.2) is 0 Å². The van der Waals surface area contributed by atoms with Crippen LogP contribution in [0.1, 0.15) is 27.2 Å². The SMILES string of the molecule is CCC.CCSOO.CN.[Y].c1ccc2ccccc2c1. The minimum Gasteiger partial charge on any atom is -0.333 e. The van der Waals surface area contributed by atoms with Gasteiger partial charge in [0, 0.05) is 50.5 Å². The number of fused-ring (bicyclic) bond motifs is 1. The van der Waals surface area contributed by atoms with E-state index < -0.39 is 0 Å². The number of benzene rings is 2. The molecule has 5 heteroatoms. The molecule has 3 nitrogen and oxygen atoms in total. The van der Waals surface area contributed by atoms with Crippen LogP contribution in [0, 0.1) is 0 Å². The summed E-state index contributed by atoms with van der Waals surface area (Å²) in [6.45, 7) is 6.14. The Kier molecular flexibility index (Phi) is 27.6. The minimum atomic E-state index is 0. The molecule has 2 aromatic carbocycles. The molecule has 0 heterocycles. The molecule has 117 valence electrons. The van der Waals surface area contributed by atoms with Crippen LogP contribution in [0.3, 0.4) is 0 Å². The van der Waals surface area contributed by atoms with Crippen molar-refractivity contribution in [3.05, 3.63) is 48.5 Å². The van der Waals surface area contributed by atoms with Gasteiger partial charge in [0.1, 0.15) is 0 Å². The van der Waals surface area contributed by atoms with Crippen LogP contribution in [-0.2, 0) is 37.0 Å². The first-order valence-electron chi connectivity index (χ1n) is 6.74. The molecule has 21 heavy (non-hydrogen) atoms. The van der Waals surface area contributed by atoms with Crippen LogP contribution in [0.2, 0.25) is 0 Å². The van der Waals surface area contributed by atoms with Crippen molar-refractivity contribution in [3.8, 4) is 0 Å². The second-order valence-corrected chi connectivity index (χ2v) is 4.50. The fourth-order valence-corrected chi connectivity index (χ4v) is 1.29. The van der Waals surface area contributed by atoms with Crippen molar-refractivity contribution in [2.45, 2.75) is 27.2 Å². The maximum absolute atomic E-state index is 7.53. The number of hydrogen-bond acceptors (Lipinski definition) is 4. The van der Waals surface area contributed by atoms with Crippen molar-refractivity contribution in [3.63, 3.8) is 0 Å². The molecule has 0 aromatic heterocycles. The van der Waals surface area contributed by atoms with Crippen molar-refractivity contribution in [2.75, 3.05) is 12.8 Å². The van der Waals surface area contributed by atoms with Gasteiger partial charge in [-0.05, 0) is 17.8 Å². The Labute approximate surface area is 158 Å². The van der Waals surface area contributed by atoms with E-state index >= 15 is 0 Å². The van der Waals surface area contributed by atoms with E-state index in [0.29, 0.717) is 0 Å². The molecule has 0 spiro atoms. The first kappa shape index (κ1) is 26.0. The predicted octanol–water partition coefficient (Wildman–Crippen LogP) is 4.97. The summed E-state index contributed by atoms with van der Waals surface area (Å²) in [5, 5.41) is 10.1. The molecule has 3 N–H and O–H groups in total. The summed E-state index contributed by atoms with van der Waals surface area (Å²) >= 11 is 1.02. The Morgan fingerprint density at radius 2 is 1.19 bits per heavy atom. The van der Waals surface area contributed by atoms with Gasteiger partial charge >= 0.3 is 0 Å². The standard InChI is InChI=1S/C10H8.C3H8.C2H6O2S.CH5N.Y/c1-2-6-10-8-4-3-7-9(10)5-1;1-3-2;1-2-5-4-3;1-2;/h1-8H;3H2,1-2H3;3H,2H2,1H3;2H2,1H3;. The van der Waals surface area contributed by atoms with Crippen LogP contribution in [-0.4, -0.2) is 18.1 Å². The summed E-state index contributed by atoms with van der Waals surface area (Å²) in [5.74, 6) is 0.788. The molecular formula is C16H27NO2SY. The minimum absolute atomic E-state index is 0. The Balaban J connectivity index is -0.000000254. The van der Waals surface area contributed by atoms with Gasteiger partial charge in [-0.2, -0.15) is 4.33 Å². The first-order chi connectivity index (χ1) is 9.79. The summed E-state index contributed by atoms with van der Waals surface area (Å²) < 4.78 is 3.61. The van der Waals surface area contributed by atoms with Gasteiger partial charge in [0.05, 0.1) is 0 Å². The molecule has 0 aliphatic heterocycles. The van der Waals surface area contributed by atoms with Crippen molar-refractivity contribution in [1.29, 1.82) is 0 Å². The van der Waals surface area contributed by atoms with Crippen LogP contribution in [0.4, 0.5) is 0 Å². The van der Waals surface area contributed by atoms with E-state index in [9.17, 15) is 0 Å². The van der Waals surface area contributed by atoms with E-state index in [1.54, 1.807) is 0 Å². The van der Waals surface area contributed by atoms with Gasteiger partial charge in [-0.1, -0.05) is 75.7 Å². The Morgan fingerprint density at radius 3 is 1.33 bits per heavy atom. The van der Waals surface area contributed by atoms with E-state index in [0.717, 1.165) is 17.8 Å². The van der Waals surface area contributed by atoms with E-state index in [2.05, 4.69) is 72.4 Å². The maximum Gasteiger partial charge on any atom is 0.0308 e. The number of hydrogen-bond donors (Lipinski definition) is 2. The maximum atomic E-state index is 7.53. The third-order valence-electron chi connectivity index (χ3n) is 1.83. The summed E-state index contributed by atoms with van der Waals surface area (Å²) in [6.07, 6.45) is 1.25. The summed E-state index contributed by atoms with van der Waals surface area (Å²) in [5.41, 5.74) is 4.50. The average Bonchev–Trinajstić information content (AvgIpc) is 2.52. The summed E-state index contributed by atoms with van der Waals surface area (Å²) in [6, 6.07) is 16.7. The molecule has 0 amide bonds. The largest absolute Gasteiger partial charge is 0.333 e. The molecule has 0 unspecified atom stereocenters. The van der Waals surface area contributed by atoms with E-state index in [1.165, 1.54) is 24.2 Å². The van der Waals surface area contributed by atoms with Crippen LogP contribution in [0.15, 0.2) is 48.5 Å². The Hall–Kier alpha value is 0.0339. The van der Waals surface area contributed by atoms with Gasteiger partial charge in [-0.25, -0.2) is 5.26 Å². The molecular weight excluding hydrogens is 359 g/mol. The van der Waals surface area contributed by atoms with Crippen LogP contribution >= 0.6 is 12.0 Å². The van der Waals surface area contributed by atoms with Crippen LogP contribution in [0.5, 0.6) is 0 Å². The van der Waals surface area contributed by atoms with E-state index in [4.69, 9.17) is 5.26 Å². The Morgan fingerprint density at radius 1 is 0.905 bits per heavy atom. The zero-order valence-electron chi connectivity index (χ0n) is 13.5. The average molecular weight is 386 g/mol. The van der Waals surface area contributed by atoms with Gasteiger partial charge in [0.2, 0.25) is 0 Å². The van der Waals surface area contributed by atoms with Crippen molar-refractivity contribution >= 4 is 22.8 Å². The third kappa shape index (κ3) is 16.2. The summed E-state index contributed by atoms with van der Waals surface area (Å²) in [4.78, 5) is 0. The summed E-state index contributed by atoms with van der Waals surface area (Å²) in [7, 11) is 1.50. The van der Waals surface area contributed by atoms with Gasteiger partial charge < -0.3 is 5.73 Å². The van der Waals surface area contributed by atoms with E-state index in [-0.39, 0.29) is 32.7 Å². The van der Waals surface area contributed by atoms with E-state index in [1.807, 2.05) is 6.92 Å². The fourth-order valence-electron chi connectivity index (χ4n) is 1.19. The molecule has 0 fully saturated rings. The van der Waals surface area contributed by atoms with Gasteiger partial charge in [0.25, 0.3) is 0 Å².